The number of nitrogens with zero attached hydrogens (tertiary/aromatic N) is 3. The van der Waals surface area contributed by atoms with Crippen LogP contribution in [0.15, 0.2) is 29.3 Å². The second-order valence-electron chi connectivity index (χ2n) is 8.18. The Morgan fingerprint density at radius 2 is 1.41 bits per heavy atom. The molecule has 0 aliphatic heterocycles. The largest absolute Gasteiger partial charge is 0.480 e. The van der Waals surface area contributed by atoms with Crippen molar-refractivity contribution in [1.82, 2.24) is 15.1 Å². The molecule has 15 heteroatoms. The van der Waals surface area contributed by atoms with Gasteiger partial charge in [-0.25, -0.2) is 9.59 Å². The van der Waals surface area contributed by atoms with Crippen molar-refractivity contribution in [3.63, 3.8) is 0 Å². The van der Waals surface area contributed by atoms with Crippen LogP contribution in [0.2, 0.25) is 0 Å². The van der Waals surface area contributed by atoms with Gasteiger partial charge in [0.25, 0.3) is 0 Å². The van der Waals surface area contributed by atoms with Crippen LogP contribution in [0.1, 0.15) is 12.5 Å². The van der Waals surface area contributed by atoms with Crippen molar-refractivity contribution >= 4 is 52.9 Å². The summed E-state index contributed by atoms with van der Waals surface area (Å²) in [4.78, 5) is 63.2. The fraction of sp³-hybridized carbons (Fsp3) is 0.455. The molecule has 0 spiro atoms. The van der Waals surface area contributed by atoms with E-state index in [0.29, 0.717) is 11.3 Å². The molecule has 1 rings (SSSR count). The number of isothiocyanates is 1. The molecule has 1 aromatic rings. The fourth-order valence-electron chi connectivity index (χ4n) is 3.67. The summed E-state index contributed by atoms with van der Waals surface area (Å²) < 4.78 is 0. The highest BCUT2D eigenvalue weighted by Gasteiger charge is 2.30. The summed E-state index contributed by atoms with van der Waals surface area (Å²) in [6.45, 7) is -0.619. The Labute approximate surface area is 216 Å². The van der Waals surface area contributed by atoms with Crippen LogP contribution in [0.4, 0.5) is 5.69 Å². The van der Waals surface area contributed by atoms with Gasteiger partial charge in [-0.1, -0.05) is 12.1 Å². The second-order valence-corrected chi connectivity index (χ2v) is 8.37. The van der Waals surface area contributed by atoms with Crippen molar-refractivity contribution in [2.45, 2.75) is 31.5 Å². The third-order valence-electron chi connectivity index (χ3n) is 5.08. The van der Waals surface area contributed by atoms with E-state index in [1.54, 1.807) is 24.3 Å². The molecular weight excluding hydrogens is 512 g/mol. The van der Waals surface area contributed by atoms with Crippen molar-refractivity contribution in [3.05, 3.63) is 29.8 Å². The number of rotatable bonds is 18. The third-order valence-corrected chi connectivity index (χ3v) is 5.17. The van der Waals surface area contributed by atoms with Crippen LogP contribution in [-0.4, -0.2) is 121 Å². The van der Waals surface area contributed by atoms with Crippen molar-refractivity contribution in [3.8, 4) is 0 Å². The van der Waals surface area contributed by atoms with Crippen LogP contribution >= 0.6 is 12.2 Å². The minimum atomic E-state index is -1.93. The lowest BCUT2D eigenvalue weighted by Gasteiger charge is -2.35. The quantitative estimate of drug-likeness (QED) is 0.0801. The number of hydrogen-bond donors (Lipinski definition) is 6. The van der Waals surface area contributed by atoms with Crippen LogP contribution in [0.5, 0.6) is 0 Å². The maximum Gasteiger partial charge on any atom is 0.332 e. The topological polar surface area (TPSA) is 217 Å². The van der Waals surface area contributed by atoms with E-state index >= 15 is 0 Å². The number of carbonyl (C=O) groups is 5. The van der Waals surface area contributed by atoms with E-state index in [1.165, 1.54) is 16.7 Å². The zero-order valence-electron chi connectivity index (χ0n) is 19.8. The first-order valence-corrected chi connectivity index (χ1v) is 11.2. The molecule has 0 radical (unpaired) electrons. The molecule has 6 N–H and O–H groups in total. The lowest BCUT2D eigenvalue weighted by molar-refractivity contribution is -0.152. The van der Waals surface area contributed by atoms with Crippen LogP contribution < -0.4 is 5.32 Å². The van der Waals surface area contributed by atoms with Crippen LogP contribution in [0.25, 0.3) is 0 Å². The molecule has 37 heavy (non-hydrogen) atoms. The van der Waals surface area contributed by atoms with E-state index in [0.717, 1.165) is 0 Å². The zero-order chi connectivity index (χ0) is 28.1. The van der Waals surface area contributed by atoms with Crippen molar-refractivity contribution in [2.24, 2.45) is 4.99 Å². The molecule has 0 aromatic heterocycles. The molecule has 0 amide bonds. The van der Waals surface area contributed by atoms with Gasteiger partial charge in [-0.15, -0.1) is 0 Å². The minimum Gasteiger partial charge on any atom is -0.480 e. The molecule has 14 nitrogen and oxygen atoms in total. The van der Waals surface area contributed by atoms with E-state index in [-0.39, 0.29) is 19.5 Å². The minimum absolute atomic E-state index is 0.121. The molecule has 0 aliphatic rings. The number of aliphatic carboxylic acids is 5. The highest BCUT2D eigenvalue weighted by atomic mass is 32.1. The Morgan fingerprint density at radius 3 is 1.84 bits per heavy atom. The van der Waals surface area contributed by atoms with E-state index in [9.17, 15) is 39.3 Å². The average Bonchev–Trinajstić information content (AvgIpc) is 2.76. The van der Waals surface area contributed by atoms with E-state index < -0.39 is 67.6 Å². The molecule has 0 fully saturated rings. The van der Waals surface area contributed by atoms with Crippen LogP contribution in [0.3, 0.4) is 0 Å². The average molecular weight is 541 g/mol. The molecule has 1 aromatic carbocycles. The summed E-state index contributed by atoms with van der Waals surface area (Å²) >= 11 is 4.56. The first-order chi connectivity index (χ1) is 17.3. The van der Waals surface area contributed by atoms with E-state index in [4.69, 9.17) is 10.2 Å². The molecule has 0 saturated carbocycles. The van der Waals surface area contributed by atoms with Gasteiger partial charge in [0.1, 0.15) is 0 Å². The van der Waals surface area contributed by atoms with Gasteiger partial charge in [0.2, 0.25) is 6.04 Å². The Balaban J connectivity index is 3.26. The Bertz CT molecular complexity index is 999. The number of carboxylic acid groups (broad SMARTS) is 5. The molecule has 0 saturated heterocycles. The van der Waals surface area contributed by atoms with E-state index in [1.807, 2.05) is 0 Å². The SMILES string of the molecule is CC(CN(CC(=O)O)CC(Cc1ccc(N=C=S)cc1)N(CC(=O)O)CC(=O)O)NC(C(=O)O)C(=O)O. The number of thiocarbonyl (C=S) groups is 1. The molecule has 0 heterocycles. The van der Waals surface area contributed by atoms with Gasteiger partial charge in [-0.2, -0.15) is 4.99 Å². The highest BCUT2D eigenvalue weighted by molar-refractivity contribution is 7.78. The van der Waals surface area contributed by atoms with E-state index in [2.05, 4.69) is 27.7 Å². The summed E-state index contributed by atoms with van der Waals surface area (Å²) in [5.41, 5.74) is 1.19. The van der Waals surface area contributed by atoms with Crippen LogP contribution in [-0.2, 0) is 30.4 Å². The van der Waals surface area contributed by atoms with Crippen molar-refractivity contribution < 1.29 is 49.5 Å². The molecule has 0 aliphatic carbocycles. The summed E-state index contributed by atoms with van der Waals surface area (Å²) in [5.74, 6) is -7.08. The zero-order valence-corrected chi connectivity index (χ0v) is 20.6. The lowest BCUT2D eigenvalue weighted by atomic mass is 10.0. The molecule has 202 valence electrons. The monoisotopic (exact) mass is 540 g/mol. The van der Waals surface area contributed by atoms with Gasteiger partial charge < -0.3 is 25.5 Å². The normalized spacial score (nSPS) is 12.6. The standard InChI is InChI=1S/C22H28N4O10S/c1-13(24-20(21(33)34)22(35)36)7-25(9-17(27)28)8-16(26(10-18(29)30)11-19(31)32)6-14-2-4-15(5-3-14)23-12-37/h2-5,13,16,20,24H,6-11H2,1H3,(H,27,28)(H,29,30)(H,31,32)(H,33,34)(H,35,36). The Hall–Kier alpha value is -3.75. The van der Waals surface area contributed by atoms with Crippen LogP contribution in [0, 0.1) is 0 Å². The maximum atomic E-state index is 11.5. The van der Waals surface area contributed by atoms with Gasteiger partial charge in [-0.05, 0) is 43.3 Å². The smallest absolute Gasteiger partial charge is 0.332 e. The number of carboxylic acids is 5. The van der Waals surface area contributed by atoms with Gasteiger partial charge in [0.05, 0.1) is 30.5 Å². The number of benzene rings is 1. The lowest BCUT2D eigenvalue weighted by Crippen LogP contribution is -2.54. The maximum absolute atomic E-state index is 11.5. The number of aliphatic imine (C=N–C) groups is 1. The second kappa shape index (κ2) is 15.4. The molecule has 2 unspecified atom stereocenters. The molecule has 0 bridgehead atoms. The van der Waals surface area contributed by atoms with Gasteiger partial charge in [0, 0.05) is 25.2 Å². The number of nitrogens with one attached hydrogen (secondary N) is 1. The summed E-state index contributed by atoms with van der Waals surface area (Å²) in [6.07, 6.45) is 0.132. The number of hydrogen-bond acceptors (Lipinski definition) is 10. The van der Waals surface area contributed by atoms with Gasteiger partial charge in [0.15, 0.2) is 0 Å². The summed E-state index contributed by atoms with van der Waals surface area (Å²) in [6, 6.07) is 3.07. The fourth-order valence-corrected chi connectivity index (χ4v) is 3.77. The predicted octanol–water partition coefficient (Wildman–Crippen LogP) is -0.294. The first-order valence-electron chi connectivity index (χ1n) is 10.8. The Kier molecular flexibility index (Phi) is 13.0. The summed E-state index contributed by atoms with van der Waals surface area (Å²) in [5, 5.41) is 50.9. The third kappa shape index (κ3) is 12.2. The van der Waals surface area contributed by atoms with Crippen molar-refractivity contribution in [2.75, 3.05) is 32.7 Å². The Morgan fingerprint density at radius 1 is 0.892 bits per heavy atom. The molecule has 2 atom stereocenters. The highest BCUT2D eigenvalue weighted by Crippen LogP contribution is 2.16. The predicted molar refractivity (Wildman–Crippen MR) is 131 cm³/mol. The molecular formula is C22H28N4O10S. The van der Waals surface area contributed by atoms with Crippen molar-refractivity contribution in [1.29, 1.82) is 0 Å². The summed E-state index contributed by atoms with van der Waals surface area (Å²) in [7, 11) is 0. The van der Waals surface area contributed by atoms with Gasteiger partial charge in [-0.3, -0.25) is 29.5 Å². The van der Waals surface area contributed by atoms with Gasteiger partial charge >= 0.3 is 29.8 Å². The first kappa shape index (κ1) is 31.3.